The average Bonchev–Trinajstić information content (AvgIpc) is 3.00. The molecule has 2 heterocycles. The largest absolute Gasteiger partial charge is 0.433 e. The van der Waals surface area contributed by atoms with Crippen LogP contribution in [-0.4, -0.2) is 16.2 Å². The highest BCUT2D eigenvalue weighted by Gasteiger charge is 2.33. The van der Waals surface area contributed by atoms with Gasteiger partial charge in [0.05, 0.1) is 16.8 Å². The smallest absolute Gasteiger partial charge is 0.245 e. The molecule has 0 amide bonds. The molecule has 4 nitrogen and oxygen atoms in total. The van der Waals surface area contributed by atoms with E-state index in [4.69, 9.17) is 0 Å². The van der Waals surface area contributed by atoms with Crippen molar-refractivity contribution in [2.75, 3.05) is 5.43 Å². The Morgan fingerprint density at radius 2 is 1.81 bits per heavy atom. The van der Waals surface area contributed by atoms with Crippen LogP contribution in [0.3, 0.4) is 0 Å². The van der Waals surface area contributed by atoms with Crippen LogP contribution in [0.5, 0.6) is 0 Å². The molecule has 0 aliphatic carbocycles. The molecular weight excluding hydrogens is 368 g/mol. The predicted molar refractivity (Wildman–Crippen MR) is 92.7 cm³/mol. The fraction of sp³-hybridized carbons (Fsp3) is 0.118. The second-order valence-corrected chi connectivity index (χ2v) is 6.40. The highest BCUT2D eigenvalue weighted by atomic mass is 32.1. The van der Waals surface area contributed by atoms with Gasteiger partial charge in [-0.25, -0.2) is 15.4 Å². The molecule has 1 aromatic carbocycles. The van der Waals surface area contributed by atoms with Crippen LogP contribution in [0, 0.1) is 12.1 Å². The number of hydrogen-bond donors (Lipinski definition) is 1. The van der Waals surface area contributed by atoms with Crippen LogP contribution in [0.25, 0.3) is 11.3 Å². The van der Waals surface area contributed by atoms with Crippen LogP contribution < -0.4 is 5.43 Å². The number of aromatic nitrogens is 2. The molecule has 0 aliphatic heterocycles. The first-order valence-electron chi connectivity index (χ1n) is 7.39. The number of thiophene rings is 1. The number of rotatable bonds is 4. The zero-order valence-electron chi connectivity index (χ0n) is 13.4. The maximum Gasteiger partial charge on any atom is 0.433 e. The van der Waals surface area contributed by atoms with E-state index in [9.17, 15) is 17.6 Å². The van der Waals surface area contributed by atoms with E-state index in [0.717, 1.165) is 23.0 Å². The summed E-state index contributed by atoms with van der Waals surface area (Å²) in [5.74, 6) is -0.302. The predicted octanol–water partition coefficient (Wildman–Crippen LogP) is 5.12. The molecule has 3 rings (SSSR count). The lowest BCUT2D eigenvalue weighted by Crippen LogP contribution is -2.11. The maximum absolute atomic E-state index is 13.1. The number of alkyl halides is 3. The summed E-state index contributed by atoms with van der Waals surface area (Å²) in [4.78, 5) is 8.03. The maximum atomic E-state index is 13.1. The number of hydrogen-bond acceptors (Lipinski definition) is 5. The van der Waals surface area contributed by atoms with Gasteiger partial charge in [-0.05, 0) is 25.1 Å². The summed E-state index contributed by atoms with van der Waals surface area (Å²) < 4.78 is 52.3. The van der Waals surface area contributed by atoms with Crippen molar-refractivity contribution in [3.8, 4) is 11.3 Å². The molecule has 0 bridgehead atoms. The normalized spacial score (nSPS) is 11.9. The van der Waals surface area contributed by atoms with Gasteiger partial charge >= 0.3 is 6.18 Å². The minimum Gasteiger partial charge on any atom is -0.245 e. The Kier molecular flexibility index (Phi) is 4.99. The number of hydrazone groups is 1. The Hall–Kier alpha value is -2.81. The van der Waals surface area contributed by atoms with Crippen LogP contribution >= 0.6 is 11.3 Å². The lowest BCUT2D eigenvalue weighted by molar-refractivity contribution is -0.141. The first-order chi connectivity index (χ1) is 12.3. The third kappa shape index (κ3) is 4.42. The van der Waals surface area contributed by atoms with Gasteiger partial charge in [0.1, 0.15) is 0 Å². The molecule has 26 heavy (non-hydrogen) atoms. The standard InChI is InChI=1S/C17H12F4N4S/c1-10-2-4-11(5-3-10)13-8-14(17(19,20)21)24-16(23-13)25-22-9-12-6-7-15(18)26-12/h2-9H,1H3,(H,23,24,25). The fourth-order valence-corrected chi connectivity index (χ4v) is 2.67. The molecule has 0 radical (unpaired) electrons. The summed E-state index contributed by atoms with van der Waals surface area (Å²) >= 11 is 0.855. The van der Waals surface area contributed by atoms with Crippen LogP contribution in [0.2, 0.25) is 0 Å². The first-order valence-corrected chi connectivity index (χ1v) is 8.20. The Labute approximate surface area is 150 Å². The van der Waals surface area contributed by atoms with E-state index in [1.807, 2.05) is 6.92 Å². The molecule has 3 aromatic rings. The second-order valence-electron chi connectivity index (χ2n) is 5.34. The topological polar surface area (TPSA) is 50.2 Å². The Morgan fingerprint density at radius 1 is 1.08 bits per heavy atom. The van der Waals surface area contributed by atoms with Gasteiger partial charge in [0.2, 0.25) is 5.95 Å². The van der Waals surface area contributed by atoms with Crippen LogP contribution in [0.1, 0.15) is 16.1 Å². The fourth-order valence-electron chi connectivity index (χ4n) is 2.07. The summed E-state index contributed by atoms with van der Waals surface area (Å²) in [6.07, 6.45) is -3.34. The quantitative estimate of drug-likeness (QED) is 0.388. The van der Waals surface area contributed by atoms with Crippen LogP contribution in [0.4, 0.5) is 23.5 Å². The van der Waals surface area contributed by atoms with Crippen molar-refractivity contribution in [2.45, 2.75) is 13.1 Å². The van der Waals surface area contributed by atoms with Crippen molar-refractivity contribution >= 4 is 23.5 Å². The Balaban J connectivity index is 1.92. The van der Waals surface area contributed by atoms with Gasteiger partial charge in [0.15, 0.2) is 10.8 Å². The zero-order chi connectivity index (χ0) is 18.7. The summed E-state index contributed by atoms with van der Waals surface area (Å²) in [5, 5.41) is 3.39. The van der Waals surface area contributed by atoms with Gasteiger partial charge in [-0.2, -0.15) is 22.7 Å². The van der Waals surface area contributed by atoms with Crippen molar-refractivity contribution in [3.63, 3.8) is 0 Å². The van der Waals surface area contributed by atoms with Gasteiger partial charge in [-0.1, -0.05) is 29.8 Å². The number of nitrogens with zero attached hydrogens (tertiary/aromatic N) is 3. The van der Waals surface area contributed by atoms with Crippen molar-refractivity contribution in [2.24, 2.45) is 5.10 Å². The van der Waals surface area contributed by atoms with E-state index < -0.39 is 11.9 Å². The third-order valence-electron chi connectivity index (χ3n) is 3.31. The Bertz CT molecular complexity index is 933. The molecule has 0 saturated heterocycles. The number of anilines is 1. The zero-order valence-corrected chi connectivity index (χ0v) is 14.2. The van der Waals surface area contributed by atoms with Gasteiger partial charge < -0.3 is 0 Å². The average molecular weight is 380 g/mol. The molecule has 134 valence electrons. The molecule has 0 unspecified atom stereocenters. The summed E-state index contributed by atoms with van der Waals surface area (Å²) in [7, 11) is 0. The van der Waals surface area contributed by atoms with E-state index >= 15 is 0 Å². The number of aryl methyl sites for hydroxylation is 1. The van der Waals surface area contributed by atoms with Gasteiger partial charge in [0, 0.05) is 5.56 Å². The number of benzene rings is 1. The molecule has 0 spiro atoms. The molecule has 0 aliphatic rings. The molecule has 2 aromatic heterocycles. The second kappa shape index (κ2) is 7.20. The van der Waals surface area contributed by atoms with Crippen molar-refractivity contribution in [3.05, 3.63) is 63.7 Å². The van der Waals surface area contributed by atoms with E-state index in [-0.39, 0.29) is 16.8 Å². The lowest BCUT2D eigenvalue weighted by Gasteiger charge is -2.10. The van der Waals surface area contributed by atoms with E-state index in [2.05, 4.69) is 20.5 Å². The van der Waals surface area contributed by atoms with Gasteiger partial charge in [-0.3, -0.25) is 0 Å². The molecule has 0 saturated carbocycles. The highest BCUT2D eigenvalue weighted by Crippen LogP contribution is 2.31. The third-order valence-corrected chi connectivity index (χ3v) is 4.12. The van der Waals surface area contributed by atoms with Crippen LogP contribution in [-0.2, 0) is 6.18 Å². The van der Waals surface area contributed by atoms with Crippen molar-refractivity contribution in [1.29, 1.82) is 0 Å². The summed E-state index contributed by atoms with van der Waals surface area (Å²) in [6, 6.07) is 10.6. The molecule has 0 fully saturated rings. The van der Waals surface area contributed by atoms with E-state index in [0.29, 0.717) is 10.4 Å². The van der Waals surface area contributed by atoms with E-state index in [1.54, 1.807) is 24.3 Å². The minimum absolute atomic E-state index is 0.118. The molecular formula is C17H12F4N4S. The van der Waals surface area contributed by atoms with Gasteiger partial charge in [-0.15, -0.1) is 11.3 Å². The highest BCUT2D eigenvalue weighted by molar-refractivity contribution is 7.12. The minimum atomic E-state index is -4.63. The van der Waals surface area contributed by atoms with Crippen molar-refractivity contribution in [1.82, 2.24) is 9.97 Å². The monoisotopic (exact) mass is 380 g/mol. The van der Waals surface area contributed by atoms with Crippen LogP contribution in [0.15, 0.2) is 47.6 Å². The lowest BCUT2D eigenvalue weighted by atomic mass is 10.1. The molecule has 0 atom stereocenters. The molecule has 9 heteroatoms. The Morgan fingerprint density at radius 3 is 2.42 bits per heavy atom. The number of nitrogens with one attached hydrogen (secondary N) is 1. The van der Waals surface area contributed by atoms with E-state index in [1.165, 1.54) is 18.3 Å². The van der Waals surface area contributed by atoms with Gasteiger partial charge in [0.25, 0.3) is 0 Å². The molecule has 1 N–H and O–H groups in total. The summed E-state index contributed by atoms with van der Waals surface area (Å²) in [5.41, 5.74) is 2.91. The summed E-state index contributed by atoms with van der Waals surface area (Å²) in [6.45, 7) is 1.88. The SMILES string of the molecule is Cc1ccc(-c2cc(C(F)(F)F)nc(NN=Cc3ccc(F)s3)n2)cc1. The van der Waals surface area contributed by atoms with Crippen molar-refractivity contribution < 1.29 is 17.6 Å². The first kappa shape index (κ1) is 18.0. The number of halogens is 4.